The summed E-state index contributed by atoms with van der Waals surface area (Å²) in [5.41, 5.74) is -0.312. The van der Waals surface area contributed by atoms with E-state index in [1.807, 2.05) is 20.8 Å². The lowest BCUT2D eigenvalue weighted by molar-refractivity contribution is -0.139. The molecule has 1 aliphatic rings. The summed E-state index contributed by atoms with van der Waals surface area (Å²) in [6.45, 7) is 5.64. The molecule has 0 aliphatic heterocycles. The SMILES string of the molecule is CC(C)(C)n1ncc(C(NS(=O)c2cnccc2C(F)(F)F)C2CC2)c1-c1cc(F)c(F)cc1Br. The average molecular weight is 577 g/mol. The van der Waals surface area contributed by atoms with Crippen LogP contribution in [0, 0.1) is 17.6 Å². The van der Waals surface area contributed by atoms with E-state index in [-0.39, 0.29) is 10.4 Å². The lowest BCUT2D eigenvalue weighted by Crippen LogP contribution is -2.28. The van der Waals surface area contributed by atoms with Crippen molar-refractivity contribution in [2.45, 2.75) is 56.3 Å². The van der Waals surface area contributed by atoms with Crippen LogP contribution in [0.1, 0.15) is 50.8 Å². The molecule has 0 spiro atoms. The molecule has 5 nitrogen and oxygen atoms in total. The molecule has 1 aromatic carbocycles. The quantitative estimate of drug-likeness (QED) is 0.268. The maximum Gasteiger partial charge on any atom is 0.417 e. The van der Waals surface area contributed by atoms with Gasteiger partial charge in [-0.25, -0.2) is 17.7 Å². The molecule has 0 radical (unpaired) electrons. The molecule has 188 valence electrons. The summed E-state index contributed by atoms with van der Waals surface area (Å²) in [6, 6.07) is 2.19. The topological polar surface area (TPSA) is 59.8 Å². The number of rotatable bonds is 6. The van der Waals surface area contributed by atoms with Gasteiger partial charge in [0.05, 0.1) is 33.9 Å². The third-order valence-corrected chi connectivity index (χ3v) is 7.50. The van der Waals surface area contributed by atoms with Crippen LogP contribution < -0.4 is 4.72 Å². The van der Waals surface area contributed by atoms with Crippen LogP contribution in [0.3, 0.4) is 0 Å². The molecular formula is C23H22BrF5N4OS. The molecule has 1 fully saturated rings. The Hall–Kier alpha value is -2.18. The molecule has 3 aromatic rings. The summed E-state index contributed by atoms with van der Waals surface area (Å²) in [7, 11) is -2.26. The zero-order valence-corrected chi connectivity index (χ0v) is 21.4. The van der Waals surface area contributed by atoms with Gasteiger partial charge in [0.1, 0.15) is 11.0 Å². The van der Waals surface area contributed by atoms with Crippen molar-refractivity contribution >= 4 is 26.9 Å². The number of aromatic nitrogens is 3. The Balaban J connectivity index is 1.83. The fraction of sp³-hybridized carbons (Fsp3) is 0.391. The van der Waals surface area contributed by atoms with Crippen molar-refractivity contribution in [2.24, 2.45) is 5.92 Å². The smallest absolute Gasteiger partial charge is 0.263 e. The first kappa shape index (κ1) is 25.9. The van der Waals surface area contributed by atoms with E-state index in [0.717, 1.165) is 43.4 Å². The molecule has 1 saturated carbocycles. The van der Waals surface area contributed by atoms with Crippen LogP contribution in [0.5, 0.6) is 0 Å². The van der Waals surface area contributed by atoms with Crippen molar-refractivity contribution in [3.63, 3.8) is 0 Å². The molecule has 0 saturated heterocycles. The standard InChI is InChI=1S/C23H22BrF5N4OS/c1-22(2,3)33-21(13-8-17(25)18(26)9-16(13)24)14(10-31-33)20(12-4-5-12)32-35(34)19-11-30-7-6-15(19)23(27,28)29/h6-12,20,32H,4-5H2,1-3H3. The summed E-state index contributed by atoms with van der Waals surface area (Å²) in [5, 5.41) is 4.47. The van der Waals surface area contributed by atoms with Gasteiger partial charge in [-0.05, 0) is 73.7 Å². The van der Waals surface area contributed by atoms with E-state index < -0.39 is 50.8 Å². The fourth-order valence-electron chi connectivity index (χ4n) is 3.85. The van der Waals surface area contributed by atoms with Gasteiger partial charge in [0.15, 0.2) is 11.6 Å². The highest BCUT2D eigenvalue weighted by molar-refractivity contribution is 9.10. The molecule has 35 heavy (non-hydrogen) atoms. The van der Waals surface area contributed by atoms with Gasteiger partial charge in [-0.15, -0.1) is 0 Å². The fourth-order valence-corrected chi connectivity index (χ4v) is 5.58. The van der Waals surface area contributed by atoms with Gasteiger partial charge in [-0.3, -0.25) is 9.67 Å². The van der Waals surface area contributed by atoms with Crippen LogP contribution in [0.25, 0.3) is 11.3 Å². The predicted molar refractivity (Wildman–Crippen MR) is 125 cm³/mol. The predicted octanol–water partition coefficient (Wildman–Crippen LogP) is 6.52. The number of nitrogens with zero attached hydrogens (tertiary/aromatic N) is 3. The summed E-state index contributed by atoms with van der Waals surface area (Å²) >= 11 is 3.30. The first-order valence-corrected chi connectivity index (χ1v) is 12.7. The minimum Gasteiger partial charge on any atom is -0.263 e. The highest BCUT2D eigenvalue weighted by Crippen LogP contribution is 2.46. The maximum absolute atomic E-state index is 14.3. The van der Waals surface area contributed by atoms with Gasteiger partial charge in [-0.2, -0.15) is 18.3 Å². The van der Waals surface area contributed by atoms with Crippen molar-refractivity contribution in [2.75, 3.05) is 0 Å². The number of nitrogens with one attached hydrogen (secondary N) is 1. The molecule has 2 atom stereocenters. The number of benzene rings is 1. The molecule has 0 amide bonds. The molecule has 4 rings (SSSR count). The second kappa shape index (κ2) is 9.36. The van der Waals surface area contributed by atoms with Gasteiger partial charge in [0.2, 0.25) is 0 Å². The van der Waals surface area contributed by atoms with Crippen molar-refractivity contribution in [3.05, 3.63) is 64.0 Å². The van der Waals surface area contributed by atoms with Crippen molar-refractivity contribution in [1.82, 2.24) is 19.5 Å². The first-order chi connectivity index (χ1) is 16.3. The lowest BCUT2D eigenvalue weighted by Gasteiger charge is -2.26. The highest BCUT2D eigenvalue weighted by atomic mass is 79.9. The monoisotopic (exact) mass is 576 g/mol. The van der Waals surface area contributed by atoms with Crippen LogP contribution in [-0.2, 0) is 22.7 Å². The molecule has 1 aliphatic carbocycles. The van der Waals surface area contributed by atoms with E-state index in [4.69, 9.17) is 0 Å². The summed E-state index contributed by atoms with van der Waals surface area (Å²) < 4.78 is 86.5. The Morgan fingerprint density at radius 2 is 1.80 bits per heavy atom. The summed E-state index contributed by atoms with van der Waals surface area (Å²) in [4.78, 5) is 3.24. The first-order valence-electron chi connectivity index (χ1n) is 10.7. The van der Waals surface area contributed by atoms with Gasteiger partial charge < -0.3 is 0 Å². The molecule has 1 N–H and O–H groups in total. The van der Waals surface area contributed by atoms with Crippen LogP contribution in [0.4, 0.5) is 22.0 Å². The summed E-state index contributed by atoms with van der Waals surface area (Å²) in [5.74, 6) is -2.11. The van der Waals surface area contributed by atoms with Crippen molar-refractivity contribution < 1.29 is 26.2 Å². The highest BCUT2D eigenvalue weighted by Gasteiger charge is 2.40. The Labute approximate surface area is 209 Å². The Kier molecular flexibility index (Phi) is 6.93. The van der Waals surface area contributed by atoms with Crippen LogP contribution in [0.15, 0.2) is 46.2 Å². The van der Waals surface area contributed by atoms with E-state index in [1.54, 1.807) is 4.68 Å². The normalized spacial score (nSPS) is 16.4. The van der Waals surface area contributed by atoms with E-state index in [2.05, 4.69) is 30.7 Å². The number of halogens is 6. The zero-order chi connectivity index (χ0) is 25.7. The number of hydrogen-bond donors (Lipinski definition) is 1. The van der Waals surface area contributed by atoms with Crippen LogP contribution >= 0.6 is 15.9 Å². The van der Waals surface area contributed by atoms with Crippen LogP contribution in [0.2, 0.25) is 0 Å². The van der Waals surface area contributed by atoms with E-state index in [9.17, 15) is 26.2 Å². The molecule has 0 bridgehead atoms. The minimum absolute atomic E-state index is 0.0228. The zero-order valence-electron chi connectivity index (χ0n) is 19.0. The Morgan fingerprint density at radius 1 is 1.14 bits per heavy atom. The average Bonchev–Trinajstić information content (AvgIpc) is 3.51. The molecule has 2 heterocycles. The van der Waals surface area contributed by atoms with E-state index in [0.29, 0.717) is 16.8 Å². The third-order valence-electron chi connectivity index (χ3n) is 5.65. The van der Waals surface area contributed by atoms with E-state index in [1.165, 1.54) is 6.20 Å². The molecular weight excluding hydrogens is 555 g/mol. The Bertz CT molecular complexity index is 1280. The minimum atomic E-state index is -4.70. The van der Waals surface area contributed by atoms with Gasteiger partial charge >= 0.3 is 6.18 Å². The number of pyridine rings is 1. The van der Waals surface area contributed by atoms with Gasteiger partial charge in [0.25, 0.3) is 0 Å². The number of alkyl halides is 3. The summed E-state index contributed by atoms with van der Waals surface area (Å²) in [6.07, 6.45) is 0.272. The maximum atomic E-state index is 14.3. The molecule has 12 heteroatoms. The van der Waals surface area contributed by atoms with E-state index >= 15 is 0 Å². The van der Waals surface area contributed by atoms with Gasteiger partial charge in [0, 0.05) is 28.0 Å². The third kappa shape index (κ3) is 5.34. The Morgan fingerprint density at radius 3 is 2.40 bits per heavy atom. The number of hydrogen-bond acceptors (Lipinski definition) is 3. The molecule has 2 aromatic heterocycles. The van der Waals surface area contributed by atoms with Crippen LogP contribution in [-0.4, -0.2) is 19.0 Å². The largest absolute Gasteiger partial charge is 0.417 e. The van der Waals surface area contributed by atoms with Crippen molar-refractivity contribution in [3.8, 4) is 11.3 Å². The molecule has 2 unspecified atom stereocenters. The lowest BCUT2D eigenvalue weighted by atomic mass is 9.98. The second-order valence-electron chi connectivity index (χ2n) is 9.35. The van der Waals surface area contributed by atoms with Crippen molar-refractivity contribution in [1.29, 1.82) is 0 Å². The second-order valence-corrected chi connectivity index (χ2v) is 11.4. The van der Waals surface area contributed by atoms with Gasteiger partial charge in [-0.1, -0.05) is 0 Å².